The summed E-state index contributed by atoms with van der Waals surface area (Å²) in [6.07, 6.45) is 0.596. The number of benzene rings is 1. The van der Waals surface area contributed by atoms with Crippen molar-refractivity contribution in [1.82, 2.24) is 0 Å². The molecule has 0 saturated heterocycles. The molecule has 0 bridgehead atoms. The second-order valence-corrected chi connectivity index (χ2v) is 5.97. The van der Waals surface area contributed by atoms with Gasteiger partial charge in [0.2, 0.25) is 11.8 Å². The van der Waals surface area contributed by atoms with Gasteiger partial charge in [-0.1, -0.05) is 12.1 Å². The van der Waals surface area contributed by atoms with Crippen molar-refractivity contribution < 1.29 is 14.3 Å². The fourth-order valence-electron chi connectivity index (χ4n) is 2.21. The van der Waals surface area contributed by atoms with E-state index in [1.807, 2.05) is 31.2 Å². The van der Waals surface area contributed by atoms with Crippen LogP contribution in [0.15, 0.2) is 29.3 Å². The maximum Gasteiger partial charge on any atom is 0.243 e. The molecule has 21 heavy (non-hydrogen) atoms. The number of amides is 1. The zero-order valence-corrected chi connectivity index (χ0v) is 13.1. The van der Waals surface area contributed by atoms with Crippen LogP contribution in [0.1, 0.15) is 18.9 Å². The van der Waals surface area contributed by atoms with Gasteiger partial charge in [-0.15, -0.1) is 11.8 Å². The van der Waals surface area contributed by atoms with E-state index < -0.39 is 4.75 Å². The van der Waals surface area contributed by atoms with E-state index in [0.717, 1.165) is 11.3 Å². The number of methoxy groups -OCH3 is 1. The van der Waals surface area contributed by atoms with Crippen molar-refractivity contribution in [3.05, 3.63) is 29.8 Å². The molecule has 0 radical (unpaired) electrons. The Labute approximate surface area is 128 Å². The normalized spacial score (nSPS) is 21.0. The van der Waals surface area contributed by atoms with Crippen LogP contribution in [0.5, 0.6) is 5.75 Å². The summed E-state index contributed by atoms with van der Waals surface area (Å²) in [5.41, 5.74) is 6.72. The molecule has 1 aromatic rings. The lowest BCUT2D eigenvalue weighted by atomic mass is 10.1. The number of hydrogen-bond acceptors (Lipinski definition) is 5. The zero-order chi connectivity index (χ0) is 15.3. The molecule has 1 aromatic carbocycles. The molecule has 1 atom stereocenters. The number of aliphatic imine (C=N–C) groups is 1. The third-order valence-corrected chi connectivity index (χ3v) is 4.94. The minimum absolute atomic E-state index is 0.384. The van der Waals surface area contributed by atoms with Crippen LogP contribution in [0, 0.1) is 0 Å². The summed E-state index contributed by atoms with van der Waals surface area (Å²) in [6, 6.07) is 7.76. The van der Waals surface area contributed by atoms with Gasteiger partial charge in [-0.2, -0.15) is 0 Å². The lowest BCUT2D eigenvalue weighted by Gasteiger charge is -2.26. The van der Waals surface area contributed by atoms with Gasteiger partial charge in [0.1, 0.15) is 5.75 Å². The lowest BCUT2D eigenvalue weighted by molar-refractivity contribution is -0.119. The first-order valence-corrected chi connectivity index (χ1v) is 7.85. The van der Waals surface area contributed by atoms with Gasteiger partial charge in [-0.25, -0.2) is 0 Å². The molecule has 0 spiro atoms. The first kappa shape index (κ1) is 15.7. The minimum atomic E-state index is -0.837. The van der Waals surface area contributed by atoms with Gasteiger partial charge in [0.25, 0.3) is 0 Å². The van der Waals surface area contributed by atoms with Crippen LogP contribution < -0.4 is 10.5 Å². The van der Waals surface area contributed by atoms with Crippen LogP contribution in [0.2, 0.25) is 0 Å². The monoisotopic (exact) mass is 308 g/mol. The van der Waals surface area contributed by atoms with Crippen LogP contribution in [0.4, 0.5) is 0 Å². The Hall–Kier alpha value is -1.69. The highest BCUT2D eigenvalue weighted by molar-refractivity contribution is 8.01. The molecule has 1 aliphatic rings. The Morgan fingerprint density at radius 2 is 2.14 bits per heavy atom. The minimum Gasteiger partial charge on any atom is -0.497 e. The number of nitrogens with zero attached hydrogens (tertiary/aromatic N) is 1. The highest BCUT2D eigenvalue weighted by Crippen LogP contribution is 2.37. The smallest absolute Gasteiger partial charge is 0.243 e. The SMILES string of the molecule is CCOC1=NCCC1(SCc1ccc(OC)cc1)C(N)=O. The quantitative estimate of drug-likeness (QED) is 0.872. The third-order valence-electron chi connectivity index (χ3n) is 3.39. The lowest BCUT2D eigenvalue weighted by Crippen LogP contribution is -2.46. The number of carbonyl (C=O) groups is 1. The predicted molar refractivity (Wildman–Crippen MR) is 84.8 cm³/mol. The topological polar surface area (TPSA) is 73.9 Å². The number of nitrogens with two attached hydrogens (primary N) is 1. The van der Waals surface area contributed by atoms with Gasteiger partial charge in [-0.05, 0) is 31.0 Å². The first-order chi connectivity index (χ1) is 10.1. The molecule has 114 valence electrons. The predicted octanol–water partition coefficient (Wildman–Crippen LogP) is 1.99. The number of primary amides is 1. The van der Waals surface area contributed by atoms with E-state index in [4.69, 9.17) is 15.2 Å². The van der Waals surface area contributed by atoms with Gasteiger partial charge in [0, 0.05) is 12.3 Å². The molecule has 0 aromatic heterocycles. The van der Waals surface area contributed by atoms with E-state index in [0.29, 0.717) is 31.2 Å². The standard InChI is InChI=1S/C15H20N2O3S/c1-3-20-14-15(13(16)18,8-9-17-14)21-10-11-4-6-12(19-2)7-5-11/h4-7H,3,8-10H2,1-2H3,(H2,16,18). The van der Waals surface area contributed by atoms with Crippen LogP contribution in [-0.2, 0) is 15.3 Å². The number of hydrogen-bond donors (Lipinski definition) is 1. The molecule has 6 heteroatoms. The number of rotatable bonds is 6. The summed E-state index contributed by atoms with van der Waals surface area (Å²) in [5.74, 6) is 1.56. The Bertz CT molecular complexity index is 530. The van der Waals surface area contributed by atoms with Gasteiger partial charge in [0.05, 0.1) is 13.7 Å². The molecule has 0 aliphatic carbocycles. The number of ether oxygens (including phenoxy) is 2. The van der Waals surface area contributed by atoms with E-state index in [1.54, 1.807) is 7.11 Å². The maximum absolute atomic E-state index is 12.0. The Kier molecular flexibility index (Phi) is 5.12. The van der Waals surface area contributed by atoms with E-state index in [9.17, 15) is 4.79 Å². The molecular weight excluding hydrogens is 288 g/mol. The average molecular weight is 308 g/mol. The van der Waals surface area contributed by atoms with Crippen LogP contribution >= 0.6 is 11.8 Å². The molecule has 1 amide bonds. The van der Waals surface area contributed by atoms with Crippen molar-refractivity contribution in [2.75, 3.05) is 20.3 Å². The molecule has 2 rings (SSSR count). The van der Waals surface area contributed by atoms with Crippen molar-refractivity contribution in [1.29, 1.82) is 0 Å². The molecule has 0 saturated carbocycles. The fourth-order valence-corrected chi connectivity index (χ4v) is 3.44. The van der Waals surface area contributed by atoms with E-state index in [2.05, 4.69) is 4.99 Å². The van der Waals surface area contributed by atoms with Crippen molar-refractivity contribution >= 4 is 23.6 Å². The van der Waals surface area contributed by atoms with Crippen LogP contribution in [0.25, 0.3) is 0 Å². The van der Waals surface area contributed by atoms with Crippen molar-refractivity contribution in [2.45, 2.75) is 23.8 Å². The summed E-state index contributed by atoms with van der Waals surface area (Å²) < 4.78 is 9.81. The third kappa shape index (κ3) is 3.32. The molecule has 1 heterocycles. The van der Waals surface area contributed by atoms with E-state index in [-0.39, 0.29) is 5.91 Å². The van der Waals surface area contributed by atoms with Crippen LogP contribution in [0.3, 0.4) is 0 Å². The highest BCUT2D eigenvalue weighted by Gasteiger charge is 2.47. The first-order valence-electron chi connectivity index (χ1n) is 6.87. The second kappa shape index (κ2) is 6.85. The van der Waals surface area contributed by atoms with Gasteiger partial charge in [0.15, 0.2) is 4.75 Å². The van der Waals surface area contributed by atoms with E-state index >= 15 is 0 Å². The Morgan fingerprint density at radius 3 is 2.71 bits per heavy atom. The molecule has 1 aliphatic heterocycles. The zero-order valence-electron chi connectivity index (χ0n) is 12.3. The highest BCUT2D eigenvalue weighted by atomic mass is 32.2. The average Bonchev–Trinajstić information content (AvgIpc) is 2.90. The Balaban J connectivity index is 2.10. The fraction of sp³-hybridized carbons (Fsp3) is 0.467. The largest absolute Gasteiger partial charge is 0.497 e. The summed E-state index contributed by atoms with van der Waals surface area (Å²) in [4.78, 5) is 16.2. The summed E-state index contributed by atoms with van der Waals surface area (Å²) in [6.45, 7) is 2.94. The molecule has 2 N–H and O–H groups in total. The molecule has 5 nitrogen and oxygen atoms in total. The van der Waals surface area contributed by atoms with Crippen LogP contribution in [-0.4, -0.2) is 36.8 Å². The number of thioether (sulfide) groups is 1. The second-order valence-electron chi connectivity index (χ2n) is 4.70. The molecule has 1 unspecified atom stereocenters. The summed E-state index contributed by atoms with van der Waals surface area (Å²) in [7, 11) is 1.63. The number of carbonyl (C=O) groups excluding carboxylic acids is 1. The van der Waals surface area contributed by atoms with E-state index in [1.165, 1.54) is 11.8 Å². The molecular formula is C15H20N2O3S. The van der Waals surface area contributed by atoms with Crippen molar-refractivity contribution in [3.63, 3.8) is 0 Å². The Morgan fingerprint density at radius 1 is 1.43 bits per heavy atom. The van der Waals surface area contributed by atoms with Gasteiger partial charge < -0.3 is 15.2 Å². The molecule has 0 fully saturated rings. The van der Waals surface area contributed by atoms with Gasteiger partial charge >= 0.3 is 0 Å². The maximum atomic E-state index is 12.0. The van der Waals surface area contributed by atoms with Gasteiger partial charge in [-0.3, -0.25) is 9.79 Å². The van der Waals surface area contributed by atoms with Crippen molar-refractivity contribution in [2.24, 2.45) is 10.7 Å². The summed E-state index contributed by atoms with van der Waals surface area (Å²) in [5, 5.41) is 0. The van der Waals surface area contributed by atoms with Crippen molar-refractivity contribution in [3.8, 4) is 5.75 Å². The summed E-state index contributed by atoms with van der Waals surface area (Å²) >= 11 is 1.48.